The minimum absolute atomic E-state index is 0.00489. The zero-order chi connectivity index (χ0) is 19.5. The highest BCUT2D eigenvalue weighted by Gasteiger charge is 2.57. The minimum Gasteiger partial charge on any atom is -0.185 e. The molecule has 0 radical (unpaired) electrons. The predicted octanol–water partition coefficient (Wildman–Crippen LogP) is 6.75. The van der Waals surface area contributed by atoms with Crippen LogP contribution >= 0.6 is 0 Å². The first-order valence-corrected chi connectivity index (χ1v) is 10.5. The van der Waals surface area contributed by atoms with Crippen LogP contribution in [0.4, 0.5) is 0 Å². The molecule has 3 aromatic carbocycles. The van der Waals surface area contributed by atoms with Gasteiger partial charge in [0.25, 0.3) is 0 Å². The molecule has 0 fully saturated rings. The van der Waals surface area contributed by atoms with Gasteiger partial charge in [0.15, 0.2) is 5.54 Å². The first-order valence-electron chi connectivity index (χ1n) is 10.5. The first kappa shape index (κ1) is 17.4. The van der Waals surface area contributed by atoms with Crippen molar-refractivity contribution in [1.82, 2.24) is 0 Å². The molecular formula is C27H28N+. The maximum Gasteiger partial charge on any atom is 0.221 e. The number of benzene rings is 3. The van der Waals surface area contributed by atoms with Crippen molar-refractivity contribution in [3.8, 4) is 11.3 Å². The van der Waals surface area contributed by atoms with Crippen molar-refractivity contribution < 1.29 is 4.57 Å². The number of rotatable bonds is 2. The average molecular weight is 367 g/mol. The molecule has 28 heavy (non-hydrogen) atoms. The van der Waals surface area contributed by atoms with Gasteiger partial charge in [-0.25, -0.2) is 0 Å². The maximum absolute atomic E-state index is 2.68. The summed E-state index contributed by atoms with van der Waals surface area (Å²) >= 11 is 0. The molecule has 0 bridgehead atoms. The molecule has 2 heterocycles. The van der Waals surface area contributed by atoms with Crippen molar-refractivity contribution in [3.63, 3.8) is 0 Å². The van der Waals surface area contributed by atoms with Crippen LogP contribution in [-0.2, 0) is 11.0 Å². The molecule has 2 unspecified atom stereocenters. The van der Waals surface area contributed by atoms with Crippen LogP contribution in [0.25, 0.3) is 32.9 Å². The van der Waals surface area contributed by atoms with Gasteiger partial charge in [0, 0.05) is 24.8 Å². The lowest BCUT2D eigenvalue weighted by Crippen LogP contribution is -2.67. The SMILES string of the molecule is CCC1(C)c2ccccc2-c2c3ccccc3c3ccccc3[n+]2C1(C)CC. The van der Waals surface area contributed by atoms with E-state index in [1.807, 2.05) is 0 Å². The van der Waals surface area contributed by atoms with Crippen molar-refractivity contribution in [2.45, 2.75) is 51.5 Å². The van der Waals surface area contributed by atoms with Crippen LogP contribution in [0.1, 0.15) is 46.1 Å². The second-order valence-electron chi connectivity index (χ2n) is 8.61. The molecule has 0 amide bonds. The number of pyridine rings is 1. The summed E-state index contributed by atoms with van der Waals surface area (Å²) in [5.74, 6) is 0. The Balaban J connectivity index is 2.12. The van der Waals surface area contributed by atoms with E-state index in [0.717, 1.165) is 12.8 Å². The molecular weight excluding hydrogens is 338 g/mol. The highest BCUT2D eigenvalue weighted by atomic mass is 15.1. The van der Waals surface area contributed by atoms with Crippen LogP contribution in [0, 0.1) is 0 Å². The van der Waals surface area contributed by atoms with Gasteiger partial charge in [-0.2, -0.15) is 4.57 Å². The monoisotopic (exact) mass is 366 g/mol. The smallest absolute Gasteiger partial charge is 0.185 e. The third kappa shape index (κ3) is 1.95. The van der Waals surface area contributed by atoms with Crippen molar-refractivity contribution in [3.05, 3.63) is 78.4 Å². The van der Waals surface area contributed by atoms with Crippen LogP contribution in [-0.4, -0.2) is 0 Å². The molecule has 0 spiro atoms. The Morgan fingerprint density at radius 3 is 2.00 bits per heavy atom. The number of nitrogens with zero attached hydrogens (tertiary/aromatic N) is 1. The van der Waals surface area contributed by atoms with Gasteiger partial charge in [-0.15, -0.1) is 0 Å². The second-order valence-corrected chi connectivity index (χ2v) is 8.61. The first-order chi connectivity index (χ1) is 13.6. The van der Waals surface area contributed by atoms with Crippen LogP contribution in [0.2, 0.25) is 0 Å². The average Bonchev–Trinajstić information content (AvgIpc) is 2.76. The fraction of sp³-hybridized carbons (Fsp3) is 0.296. The summed E-state index contributed by atoms with van der Waals surface area (Å²) in [6.45, 7) is 9.63. The van der Waals surface area contributed by atoms with Gasteiger partial charge in [-0.05, 0) is 37.1 Å². The van der Waals surface area contributed by atoms with Crippen LogP contribution in [0.15, 0.2) is 72.8 Å². The third-order valence-corrected chi connectivity index (χ3v) is 7.70. The fourth-order valence-electron chi connectivity index (χ4n) is 5.67. The van der Waals surface area contributed by atoms with Crippen LogP contribution < -0.4 is 4.57 Å². The molecule has 1 aliphatic rings. The Morgan fingerprint density at radius 1 is 0.679 bits per heavy atom. The van der Waals surface area contributed by atoms with Crippen molar-refractivity contribution in [1.29, 1.82) is 0 Å². The molecule has 2 atom stereocenters. The lowest BCUT2D eigenvalue weighted by Gasteiger charge is -2.46. The number of hydrogen-bond donors (Lipinski definition) is 0. The number of aromatic nitrogens is 1. The molecule has 0 aliphatic carbocycles. The predicted molar refractivity (Wildman–Crippen MR) is 119 cm³/mol. The summed E-state index contributed by atoms with van der Waals surface area (Å²) in [4.78, 5) is 0. The number of hydrogen-bond acceptors (Lipinski definition) is 0. The molecule has 140 valence electrons. The normalized spacial score (nSPS) is 23.6. The minimum atomic E-state index is -0.00489. The summed E-state index contributed by atoms with van der Waals surface area (Å²) in [6, 6.07) is 26.9. The molecule has 4 aromatic rings. The lowest BCUT2D eigenvalue weighted by molar-refractivity contribution is -0.741. The molecule has 0 saturated carbocycles. The largest absolute Gasteiger partial charge is 0.221 e. The zero-order valence-electron chi connectivity index (χ0n) is 17.3. The molecule has 1 aromatic heterocycles. The quantitative estimate of drug-likeness (QED) is 0.273. The number of para-hydroxylation sites is 1. The molecule has 1 heteroatoms. The van der Waals surface area contributed by atoms with E-state index in [1.54, 1.807) is 0 Å². The highest BCUT2D eigenvalue weighted by Crippen LogP contribution is 2.51. The van der Waals surface area contributed by atoms with Crippen molar-refractivity contribution >= 4 is 21.7 Å². The van der Waals surface area contributed by atoms with Gasteiger partial charge in [0.2, 0.25) is 11.2 Å². The van der Waals surface area contributed by atoms with Crippen molar-refractivity contribution in [2.24, 2.45) is 0 Å². The summed E-state index contributed by atoms with van der Waals surface area (Å²) in [7, 11) is 0. The van der Waals surface area contributed by atoms with E-state index in [4.69, 9.17) is 0 Å². The third-order valence-electron chi connectivity index (χ3n) is 7.70. The maximum atomic E-state index is 2.68. The number of fused-ring (bicyclic) bond motifs is 8. The van der Waals surface area contributed by atoms with E-state index < -0.39 is 0 Å². The van der Waals surface area contributed by atoms with E-state index in [1.165, 1.54) is 38.5 Å². The fourth-order valence-corrected chi connectivity index (χ4v) is 5.67. The van der Waals surface area contributed by atoms with Gasteiger partial charge in [-0.3, -0.25) is 0 Å². The standard InChI is InChI=1S/C27H28N/c1-5-26(3)23-17-11-9-16-22(23)25-21-15-8-7-13-19(21)20-14-10-12-18-24(20)28(25)27(26,4)6-2/h7-18H,5-6H2,1-4H3/q+1. The molecule has 0 N–H and O–H groups in total. The molecule has 0 saturated heterocycles. The Morgan fingerprint density at radius 2 is 1.29 bits per heavy atom. The summed E-state index contributed by atoms with van der Waals surface area (Å²) in [5, 5.41) is 4.04. The van der Waals surface area contributed by atoms with E-state index in [0.29, 0.717) is 0 Å². The Labute approximate surface area is 167 Å². The van der Waals surface area contributed by atoms with E-state index >= 15 is 0 Å². The van der Waals surface area contributed by atoms with Gasteiger partial charge in [0.1, 0.15) is 0 Å². The van der Waals surface area contributed by atoms with E-state index in [2.05, 4.69) is 105 Å². The van der Waals surface area contributed by atoms with E-state index in [-0.39, 0.29) is 11.0 Å². The summed E-state index contributed by atoms with van der Waals surface area (Å²) in [6.07, 6.45) is 2.20. The lowest BCUT2D eigenvalue weighted by atomic mass is 9.60. The Bertz CT molecular complexity index is 1220. The van der Waals surface area contributed by atoms with Crippen molar-refractivity contribution in [2.75, 3.05) is 0 Å². The Hall–Kier alpha value is -2.67. The molecule has 1 nitrogen and oxygen atoms in total. The van der Waals surface area contributed by atoms with Gasteiger partial charge >= 0.3 is 0 Å². The highest BCUT2D eigenvalue weighted by molar-refractivity contribution is 6.09. The van der Waals surface area contributed by atoms with Gasteiger partial charge < -0.3 is 0 Å². The van der Waals surface area contributed by atoms with Gasteiger partial charge in [-0.1, -0.05) is 62.4 Å². The summed E-state index contributed by atoms with van der Waals surface area (Å²) < 4.78 is 2.68. The topological polar surface area (TPSA) is 3.88 Å². The summed E-state index contributed by atoms with van der Waals surface area (Å²) in [5.41, 5.74) is 5.66. The van der Waals surface area contributed by atoms with E-state index in [9.17, 15) is 0 Å². The van der Waals surface area contributed by atoms with Crippen LogP contribution in [0.3, 0.4) is 0 Å². The Kier molecular flexibility index (Phi) is 3.68. The zero-order valence-corrected chi connectivity index (χ0v) is 17.3. The molecule has 1 aliphatic heterocycles. The molecule has 5 rings (SSSR count). The van der Waals surface area contributed by atoms with Gasteiger partial charge in [0.05, 0.1) is 21.8 Å². The second kappa shape index (κ2) is 5.91. The van der Waals surface area contributed by atoms with Crippen LogP contribution in [0.5, 0.6) is 0 Å².